The molecular formula is C25H22F2N2O3. The summed E-state index contributed by atoms with van der Waals surface area (Å²) in [6.07, 6.45) is 0.136. The lowest BCUT2D eigenvalue weighted by Gasteiger charge is -2.25. The van der Waals surface area contributed by atoms with Crippen LogP contribution >= 0.6 is 0 Å². The van der Waals surface area contributed by atoms with Crippen LogP contribution in [-0.4, -0.2) is 36.3 Å². The maximum Gasteiger partial charge on any atom is 0.254 e. The summed E-state index contributed by atoms with van der Waals surface area (Å²) in [6.45, 7) is 0.510. The first kappa shape index (κ1) is 21.5. The molecule has 1 aliphatic rings. The predicted octanol–water partition coefficient (Wildman–Crippen LogP) is 4.81. The van der Waals surface area contributed by atoms with Gasteiger partial charge in [0.05, 0.1) is 19.4 Å². The van der Waals surface area contributed by atoms with E-state index in [1.807, 2.05) is 24.3 Å². The van der Waals surface area contributed by atoms with E-state index >= 15 is 0 Å². The summed E-state index contributed by atoms with van der Waals surface area (Å²) in [7, 11) is 1.60. The van der Waals surface area contributed by atoms with E-state index in [1.165, 1.54) is 36.4 Å². The average Bonchev–Trinajstić information content (AvgIpc) is 3.28. The molecule has 0 aromatic heterocycles. The summed E-state index contributed by atoms with van der Waals surface area (Å²) in [6, 6.07) is 18.9. The molecule has 0 radical (unpaired) electrons. The van der Waals surface area contributed by atoms with Crippen molar-refractivity contribution in [1.29, 1.82) is 0 Å². The molecule has 3 aromatic carbocycles. The molecule has 164 valence electrons. The van der Waals surface area contributed by atoms with Crippen LogP contribution in [0.2, 0.25) is 0 Å². The second kappa shape index (κ2) is 9.60. The quantitative estimate of drug-likeness (QED) is 0.534. The van der Waals surface area contributed by atoms with E-state index in [9.17, 15) is 13.6 Å². The summed E-state index contributed by atoms with van der Waals surface area (Å²) >= 11 is 0. The van der Waals surface area contributed by atoms with Crippen molar-refractivity contribution in [2.75, 3.05) is 13.7 Å². The minimum Gasteiger partial charge on any atom is -0.496 e. The van der Waals surface area contributed by atoms with Crippen LogP contribution < -0.4 is 4.74 Å². The molecule has 5 nitrogen and oxygen atoms in total. The summed E-state index contributed by atoms with van der Waals surface area (Å²) < 4.78 is 32.0. The van der Waals surface area contributed by atoms with Crippen LogP contribution in [0.3, 0.4) is 0 Å². The molecule has 1 heterocycles. The Hall–Kier alpha value is -3.74. The molecule has 0 N–H and O–H groups in total. The van der Waals surface area contributed by atoms with Gasteiger partial charge in [-0.2, -0.15) is 0 Å². The fraction of sp³-hybridized carbons (Fsp3) is 0.200. The lowest BCUT2D eigenvalue weighted by molar-refractivity contribution is 0.0405. The molecule has 3 aromatic rings. The van der Waals surface area contributed by atoms with Crippen LogP contribution in [0.15, 0.2) is 78.0 Å². The summed E-state index contributed by atoms with van der Waals surface area (Å²) in [5.41, 5.74) is 2.71. The van der Waals surface area contributed by atoms with Crippen molar-refractivity contribution in [3.8, 4) is 5.75 Å². The Morgan fingerprint density at radius 1 is 1.03 bits per heavy atom. The second-order valence-electron chi connectivity index (χ2n) is 7.49. The van der Waals surface area contributed by atoms with Gasteiger partial charge in [0.2, 0.25) is 0 Å². The summed E-state index contributed by atoms with van der Waals surface area (Å²) in [5, 5.41) is 4.21. The SMILES string of the molecule is COc1ccccc1C1=NOC(CN(Cc2ccc(F)cc2)C(=O)c2ccc(F)cc2)C1. The first-order chi connectivity index (χ1) is 15.5. The molecule has 4 rings (SSSR count). The van der Waals surface area contributed by atoms with Crippen molar-refractivity contribution < 1.29 is 23.1 Å². The first-order valence-electron chi connectivity index (χ1n) is 10.2. The van der Waals surface area contributed by atoms with Crippen molar-refractivity contribution >= 4 is 11.6 Å². The molecule has 1 amide bonds. The number of benzene rings is 3. The number of halogens is 2. The number of hydrogen-bond acceptors (Lipinski definition) is 4. The minimum absolute atomic E-state index is 0.250. The van der Waals surface area contributed by atoms with E-state index in [4.69, 9.17) is 9.57 Å². The molecular weight excluding hydrogens is 414 g/mol. The van der Waals surface area contributed by atoms with Gasteiger partial charge in [-0.1, -0.05) is 29.4 Å². The zero-order chi connectivity index (χ0) is 22.5. The third-order valence-corrected chi connectivity index (χ3v) is 5.24. The van der Waals surface area contributed by atoms with Crippen molar-refractivity contribution in [2.24, 2.45) is 5.16 Å². The molecule has 0 saturated heterocycles. The van der Waals surface area contributed by atoms with Crippen LogP contribution in [0.1, 0.15) is 27.9 Å². The van der Waals surface area contributed by atoms with Crippen molar-refractivity contribution in [1.82, 2.24) is 4.90 Å². The molecule has 0 spiro atoms. The smallest absolute Gasteiger partial charge is 0.254 e. The number of nitrogens with zero attached hydrogens (tertiary/aromatic N) is 2. The predicted molar refractivity (Wildman–Crippen MR) is 117 cm³/mol. The van der Waals surface area contributed by atoms with Gasteiger partial charge in [-0.15, -0.1) is 0 Å². The van der Waals surface area contributed by atoms with Gasteiger partial charge in [-0.05, 0) is 54.1 Å². The van der Waals surface area contributed by atoms with Crippen LogP contribution in [0.25, 0.3) is 0 Å². The molecule has 32 heavy (non-hydrogen) atoms. The van der Waals surface area contributed by atoms with E-state index in [0.29, 0.717) is 17.7 Å². The van der Waals surface area contributed by atoms with Crippen molar-refractivity contribution in [2.45, 2.75) is 19.1 Å². The number of methoxy groups -OCH3 is 1. The number of para-hydroxylation sites is 1. The van der Waals surface area contributed by atoms with Gasteiger partial charge in [-0.3, -0.25) is 4.79 Å². The molecule has 0 saturated carbocycles. The van der Waals surface area contributed by atoms with Gasteiger partial charge in [0.15, 0.2) is 6.10 Å². The van der Waals surface area contributed by atoms with Crippen LogP contribution in [-0.2, 0) is 11.4 Å². The highest BCUT2D eigenvalue weighted by Gasteiger charge is 2.28. The number of oxime groups is 1. The fourth-order valence-corrected chi connectivity index (χ4v) is 3.62. The largest absolute Gasteiger partial charge is 0.496 e. The second-order valence-corrected chi connectivity index (χ2v) is 7.49. The highest BCUT2D eigenvalue weighted by Crippen LogP contribution is 2.25. The Morgan fingerprint density at radius 2 is 1.69 bits per heavy atom. The van der Waals surface area contributed by atoms with Crippen LogP contribution in [0, 0.1) is 11.6 Å². The Bertz CT molecular complexity index is 1110. The van der Waals surface area contributed by atoms with E-state index in [2.05, 4.69) is 5.16 Å². The standard InChI is InChI=1S/C25H22F2N2O3/c1-31-24-5-3-2-4-22(24)23-14-21(32-28-23)16-29(15-17-6-10-19(26)11-7-17)25(30)18-8-12-20(27)13-9-18/h2-13,21H,14-16H2,1H3. The lowest BCUT2D eigenvalue weighted by atomic mass is 10.0. The number of carbonyl (C=O) groups is 1. The number of ether oxygens (including phenoxy) is 1. The summed E-state index contributed by atoms with van der Waals surface area (Å²) in [5.74, 6) is -0.343. The Kier molecular flexibility index (Phi) is 6.44. The highest BCUT2D eigenvalue weighted by atomic mass is 19.1. The van der Waals surface area contributed by atoms with Gasteiger partial charge >= 0.3 is 0 Å². The minimum atomic E-state index is -0.416. The topological polar surface area (TPSA) is 51.1 Å². The van der Waals surface area contributed by atoms with Crippen molar-refractivity contribution in [3.05, 3.63) is 101 Å². The van der Waals surface area contributed by atoms with Gasteiger partial charge in [-0.25, -0.2) is 8.78 Å². The van der Waals surface area contributed by atoms with Gasteiger partial charge in [0, 0.05) is 24.1 Å². The van der Waals surface area contributed by atoms with E-state index in [0.717, 1.165) is 16.8 Å². The Morgan fingerprint density at radius 3 is 2.38 bits per heavy atom. The zero-order valence-corrected chi connectivity index (χ0v) is 17.5. The third-order valence-electron chi connectivity index (χ3n) is 5.24. The molecule has 7 heteroatoms. The zero-order valence-electron chi connectivity index (χ0n) is 17.5. The maximum atomic E-state index is 13.3. The van der Waals surface area contributed by atoms with E-state index in [1.54, 1.807) is 24.1 Å². The fourth-order valence-electron chi connectivity index (χ4n) is 3.62. The molecule has 0 fully saturated rings. The number of amides is 1. The molecule has 0 aliphatic carbocycles. The maximum absolute atomic E-state index is 13.3. The lowest BCUT2D eigenvalue weighted by Crippen LogP contribution is -2.37. The van der Waals surface area contributed by atoms with Crippen LogP contribution in [0.4, 0.5) is 8.78 Å². The molecule has 1 unspecified atom stereocenters. The average molecular weight is 436 g/mol. The van der Waals surface area contributed by atoms with Gasteiger partial charge in [0.1, 0.15) is 17.4 Å². The molecule has 1 atom stereocenters. The first-order valence-corrected chi connectivity index (χ1v) is 10.2. The van der Waals surface area contributed by atoms with Crippen molar-refractivity contribution in [3.63, 3.8) is 0 Å². The van der Waals surface area contributed by atoms with Gasteiger partial charge < -0.3 is 14.5 Å². The summed E-state index contributed by atoms with van der Waals surface area (Å²) in [4.78, 5) is 20.4. The van der Waals surface area contributed by atoms with E-state index in [-0.39, 0.29) is 30.9 Å². The molecule has 0 bridgehead atoms. The third kappa shape index (κ3) is 4.94. The Labute approximate surface area is 184 Å². The number of rotatable bonds is 7. The highest BCUT2D eigenvalue weighted by molar-refractivity contribution is 6.03. The van der Waals surface area contributed by atoms with Crippen LogP contribution in [0.5, 0.6) is 5.75 Å². The molecule has 1 aliphatic heterocycles. The van der Waals surface area contributed by atoms with Gasteiger partial charge in [0.25, 0.3) is 5.91 Å². The normalized spacial score (nSPS) is 15.1. The number of carbonyl (C=O) groups excluding carboxylic acids is 1. The monoisotopic (exact) mass is 436 g/mol. The number of hydrogen-bond donors (Lipinski definition) is 0. The van der Waals surface area contributed by atoms with E-state index < -0.39 is 5.82 Å². The Balaban J connectivity index is 1.52.